The van der Waals surface area contributed by atoms with Crippen molar-refractivity contribution in [3.8, 4) is 28.6 Å². The molecule has 0 atom stereocenters. The molecular formula is C21H15BrN2O2. The average molecular weight is 407 g/mol. The molecule has 0 aliphatic rings. The molecule has 0 N–H and O–H groups in total. The molecule has 4 aromatic rings. The largest absolute Gasteiger partial charge is 0.488 e. The van der Waals surface area contributed by atoms with E-state index in [0.717, 1.165) is 26.9 Å². The highest BCUT2D eigenvalue weighted by Gasteiger charge is 2.10. The van der Waals surface area contributed by atoms with E-state index in [9.17, 15) is 0 Å². The highest BCUT2D eigenvalue weighted by molar-refractivity contribution is 9.10. The molecule has 0 radical (unpaired) electrons. The maximum atomic E-state index is 5.83. The van der Waals surface area contributed by atoms with Crippen molar-refractivity contribution < 1.29 is 9.26 Å². The Morgan fingerprint density at radius 2 is 1.54 bits per heavy atom. The van der Waals surface area contributed by atoms with Crippen LogP contribution in [0.5, 0.6) is 5.75 Å². The fourth-order valence-electron chi connectivity index (χ4n) is 2.51. The van der Waals surface area contributed by atoms with Gasteiger partial charge in [-0.3, -0.25) is 0 Å². The molecule has 0 saturated carbocycles. The van der Waals surface area contributed by atoms with Gasteiger partial charge in [0.15, 0.2) is 0 Å². The molecule has 26 heavy (non-hydrogen) atoms. The molecule has 0 saturated heterocycles. The Bertz CT molecular complexity index is 998. The van der Waals surface area contributed by atoms with Crippen LogP contribution in [0.15, 0.2) is 87.9 Å². The van der Waals surface area contributed by atoms with Gasteiger partial charge in [0.25, 0.3) is 5.89 Å². The van der Waals surface area contributed by atoms with Gasteiger partial charge in [-0.1, -0.05) is 59.8 Å². The van der Waals surface area contributed by atoms with E-state index in [1.165, 1.54) is 0 Å². The van der Waals surface area contributed by atoms with Crippen LogP contribution in [0.25, 0.3) is 22.8 Å². The van der Waals surface area contributed by atoms with Gasteiger partial charge in [-0.05, 0) is 45.8 Å². The molecule has 4 rings (SSSR count). The Morgan fingerprint density at radius 3 is 2.31 bits per heavy atom. The lowest BCUT2D eigenvalue weighted by Crippen LogP contribution is -1.95. The molecule has 1 heterocycles. The monoisotopic (exact) mass is 406 g/mol. The molecule has 0 spiro atoms. The summed E-state index contributed by atoms with van der Waals surface area (Å²) in [5, 5.41) is 4.05. The average Bonchev–Trinajstić information content (AvgIpc) is 3.19. The number of aromatic nitrogens is 2. The second kappa shape index (κ2) is 7.54. The lowest BCUT2D eigenvalue weighted by molar-refractivity contribution is 0.304. The lowest BCUT2D eigenvalue weighted by atomic mass is 10.1. The number of nitrogens with zero attached hydrogens (tertiary/aromatic N) is 2. The van der Waals surface area contributed by atoms with Crippen LogP contribution in [-0.4, -0.2) is 10.1 Å². The summed E-state index contributed by atoms with van der Waals surface area (Å²) in [6, 6.07) is 25.5. The fraction of sp³-hybridized carbons (Fsp3) is 0.0476. The van der Waals surface area contributed by atoms with Crippen molar-refractivity contribution in [2.45, 2.75) is 6.61 Å². The Labute approximate surface area is 159 Å². The third kappa shape index (κ3) is 3.68. The Kier molecular flexibility index (Phi) is 4.80. The second-order valence-electron chi connectivity index (χ2n) is 5.71. The van der Waals surface area contributed by atoms with Crippen molar-refractivity contribution in [2.24, 2.45) is 0 Å². The van der Waals surface area contributed by atoms with Crippen molar-refractivity contribution in [1.29, 1.82) is 0 Å². The zero-order valence-electron chi connectivity index (χ0n) is 13.8. The predicted molar refractivity (Wildman–Crippen MR) is 104 cm³/mol. The van der Waals surface area contributed by atoms with Gasteiger partial charge >= 0.3 is 0 Å². The Hall–Kier alpha value is -2.92. The van der Waals surface area contributed by atoms with Crippen molar-refractivity contribution in [2.75, 3.05) is 0 Å². The molecule has 0 unspecified atom stereocenters. The summed E-state index contributed by atoms with van der Waals surface area (Å²) in [5.74, 6) is 1.91. The molecular weight excluding hydrogens is 392 g/mol. The van der Waals surface area contributed by atoms with Gasteiger partial charge in [0.05, 0.1) is 4.47 Å². The number of para-hydroxylation sites is 1. The number of benzene rings is 3. The van der Waals surface area contributed by atoms with E-state index < -0.39 is 0 Å². The standard InChI is InChI=1S/C21H15BrN2O2/c22-18-8-4-5-9-19(18)25-14-15-10-12-17(13-11-15)21-23-20(24-26-21)16-6-2-1-3-7-16/h1-13H,14H2. The first-order chi connectivity index (χ1) is 12.8. The normalized spacial score (nSPS) is 10.7. The lowest BCUT2D eigenvalue weighted by Gasteiger charge is -2.08. The molecule has 0 fully saturated rings. The molecule has 4 nitrogen and oxygen atoms in total. The topological polar surface area (TPSA) is 48.2 Å². The summed E-state index contributed by atoms with van der Waals surface area (Å²) < 4.78 is 12.2. The summed E-state index contributed by atoms with van der Waals surface area (Å²) in [5.41, 5.74) is 2.87. The minimum atomic E-state index is 0.488. The summed E-state index contributed by atoms with van der Waals surface area (Å²) in [6.07, 6.45) is 0. The first-order valence-electron chi connectivity index (χ1n) is 8.15. The van der Waals surface area contributed by atoms with Crippen LogP contribution in [0.4, 0.5) is 0 Å². The molecule has 3 aromatic carbocycles. The number of hydrogen-bond acceptors (Lipinski definition) is 4. The van der Waals surface area contributed by atoms with Gasteiger partial charge < -0.3 is 9.26 Å². The second-order valence-corrected chi connectivity index (χ2v) is 6.56. The van der Waals surface area contributed by atoms with E-state index in [4.69, 9.17) is 9.26 Å². The molecule has 1 aromatic heterocycles. The number of halogens is 1. The van der Waals surface area contributed by atoms with E-state index in [1.807, 2.05) is 78.9 Å². The molecule has 0 amide bonds. The molecule has 128 valence electrons. The zero-order valence-corrected chi connectivity index (χ0v) is 15.4. The highest BCUT2D eigenvalue weighted by atomic mass is 79.9. The maximum absolute atomic E-state index is 5.83. The van der Waals surface area contributed by atoms with E-state index in [0.29, 0.717) is 18.3 Å². The maximum Gasteiger partial charge on any atom is 0.258 e. The van der Waals surface area contributed by atoms with Crippen molar-refractivity contribution in [1.82, 2.24) is 10.1 Å². The molecule has 5 heteroatoms. The summed E-state index contributed by atoms with van der Waals surface area (Å²) in [6.45, 7) is 0.488. The number of ether oxygens (including phenoxy) is 1. The first-order valence-corrected chi connectivity index (χ1v) is 8.95. The Balaban J connectivity index is 1.46. The van der Waals surface area contributed by atoms with E-state index in [2.05, 4.69) is 26.1 Å². The van der Waals surface area contributed by atoms with Crippen LogP contribution >= 0.6 is 15.9 Å². The molecule has 0 aliphatic carbocycles. The third-order valence-corrected chi connectivity index (χ3v) is 4.55. The van der Waals surface area contributed by atoms with E-state index in [1.54, 1.807) is 0 Å². The molecule has 0 aliphatic heterocycles. The summed E-state index contributed by atoms with van der Waals surface area (Å²) >= 11 is 3.48. The van der Waals surface area contributed by atoms with E-state index >= 15 is 0 Å². The van der Waals surface area contributed by atoms with Gasteiger partial charge in [0.1, 0.15) is 12.4 Å². The van der Waals surface area contributed by atoms with Crippen LogP contribution in [0, 0.1) is 0 Å². The van der Waals surface area contributed by atoms with Crippen LogP contribution in [-0.2, 0) is 6.61 Å². The van der Waals surface area contributed by atoms with Gasteiger partial charge in [0.2, 0.25) is 5.82 Å². The quantitative estimate of drug-likeness (QED) is 0.423. The van der Waals surface area contributed by atoms with Crippen molar-refractivity contribution in [3.05, 3.63) is 88.9 Å². The van der Waals surface area contributed by atoms with Gasteiger partial charge in [-0.2, -0.15) is 4.98 Å². The number of hydrogen-bond donors (Lipinski definition) is 0. The third-order valence-electron chi connectivity index (χ3n) is 3.89. The molecule has 0 bridgehead atoms. The van der Waals surface area contributed by atoms with Crippen LogP contribution in [0.1, 0.15) is 5.56 Å². The van der Waals surface area contributed by atoms with Gasteiger partial charge in [-0.25, -0.2) is 0 Å². The van der Waals surface area contributed by atoms with Crippen LogP contribution in [0.3, 0.4) is 0 Å². The van der Waals surface area contributed by atoms with Gasteiger partial charge in [0, 0.05) is 11.1 Å². The predicted octanol–water partition coefficient (Wildman–Crippen LogP) is 5.75. The summed E-state index contributed by atoms with van der Waals surface area (Å²) in [4.78, 5) is 4.47. The minimum Gasteiger partial charge on any atom is -0.488 e. The van der Waals surface area contributed by atoms with E-state index in [-0.39, 0.29) is 0 Å². The SMILES string of the molecule is Brc1ccccc1OCc1ccc(-c2nc(-c3ccccc3)no2)cc1. The van der Waals surface area contributed by atoms with Crippen molar-refractivity contribution >= 4 is 15.9 Å². The minimum absolute atomic E-state index is 0.488. The number of rotatable bonds is 5. The fourth-order valence-corrected chi connectivity index (χ4v) is 2.91. The van der Waals surface area contributed by atoms with Gasteiger partial charge in [-0.15, -0.1) is 0 Å². The van der Waals surface area contributed by atoms with Crippen LogP contribution < -0.4 is 4.74 Å². The first kappa shape index (κ1) is 16.5. The van der Waals surface area contributed by atoms with Crippen molar-refractivity contribution in [3.63, 3.8) is 0 Å². The zero-order chi connectivity index (χ0) is 17.8. The van der Waals surface area contributed by atoms with Crippen LogP contribution in [0.2, 0.25) is 0 Å². The Morgan fingerprint density at radius 1 is 0.808 bits per heavy atom. The highest BCUT2D eigenvalue weighted by Crippen LogP contribution is 2.26. The summed E-state index contributed by atoms with van der Waals surface area (Å²) in [7, 11) is 0. The smallest absolute Gasteiger partial charge is 0.258 e.